The molecule has 1 aromatic rings. The molecule has 5 nitrogen and oxygen atoms in total. The van der Waals surface area contributed by atoms with E-state index in [4.69, 9.17) is 0 Å². The molecule has 2 heterocycles. The lowest BCUT2D eigenvalue weighted by Crippen LogP contribution is -2.37. The molecule has 1 aromatic heterocycles. The van der Waals surface area contributed by atoms with Crippen molar-refractivity contribution in [3.8, 4) is 0 Å². The summed E-state index contributed by atoms with van der Waals surface area (Å²) in [6.45, 7) is -0.585. The molecule has 0 radical (unpaired) electrons. The number of amides is 1. The van der Waals surface area contributed by atoms with E-state index < -0.39 is 25.3 Å². The van der Waals surface area contributed by atoms with Crippen molar-refractivity contribution >= 4 is 5.91 Å². The molecule has 0 unspecified atom stereocenters. The number of aromatic nitrogens is 2. The van der Waals surface area contributed by atoms with E-state index in [1.807, 2.05) is 6.20 Å². The highest BCUT2D eigenvalue weighted by Gasteiger charge is 2.28. The average Bonchev–Trinajstić information content (AvgIpc) is 2.84. The van der Waals surface area contributed by atoms with Gasteiger partial charge in [-0.05, 0) is 12.3 Å². The minimum atomic E-state index is -4.40. The maximum Gasteiger partial charge on any atom is 0.411 e. The van der Waals surface area contributed by atoms with Crippen LogP contribution in [0.1, 0.15) is 12.2 Å². The van der Waals surface area contributed by atoms with Crippen LogP contribution < -0.4 is 0 Å². The van der Waals surface area contributed by atoms with E-state index in [-0.39, 0.29) is 5.92 Å². The zero-order valence-electron chi connectivity index (χ0n) is 11.8. The van der Waals surface area contributed by atoms with Gasteiger partial charge in [-0.2, -0.15) is 13.2 Å². The number of carbonyl (C=O) groups is 1. The fourth-order valence-electron chi connectivity index (χ4n) is 2.42. The molecule has 21 heavy (non-hydrogen) atoms. The zero-order chi connectivity index (χ0) is 15.5. The largest absolute Gasteiger partial charge is 0.411 e. The van der Waals surface area contributed by atoms with Gasteiger partial charge in [0.1, 0.15) is 19.0 Å². The lowest BCUT2D eigenvalue weighted by Gasteiger charge is -2.27. The van der Waals surface area contributed by atoms with Gasteiger partial charge in [0.05, 0.1) is 0 Å². The Hall–Kier alpha value is -1.57. The van der Waals surface area contributed by atoms with E-state index in [0.29, 0.717) is 6.54 Å². The van der Waals surface area contributed by atoms with Crippen LogP contribution in [0.5, 0.6) is 0 Å². The van der Waals surface area contributed by atoms with Crippen LogP contribution >= 0.6 is 0 Å². The van der Waals surface area contributed by atoms with Gasteiger partial charge in [0, 0.05) is 39.0 Å². The first kappa shape index (κ1) is 15.8. The topological polar surface area (TPSA) is 47.4 Å². The second-order valence-corrected chi connectivity index (χ2v) is 5.28. The summed E-state index contributed by atoms with van der Waals surface area (Å²) >= 11 is 0. The molecule has 1 atom stereocenters. The predicted molar refractivity (Wildman–Crippen MR) is 68.5 cm³/mol. The lowest BCUT2D eigenvalue weighted by molar-refractivity contribution is -0.177. The van der Waals surface area contributed by atoms with Crippen LogP contribution in [0, 0.1) is 5.92 Å². The summed E-state index contributed by atoms with van der Waals surface area (Å²) in [6.07, 6.45) is 0.959. The molecule has 118 valence electrons. The zero-order valence-corrected chi connectivity index (χ0v) is 11.8. The molecule has 1 amide bonds. The molecule has 0 aromatic carbocycles. The van der Waals surface area contributed by atoms with E-state index in [1.54, 1.807) is 13.2 Å². The average molecular weight is 305 g/mol. The van der Waals surface area contributed by atoms with Gasteiger partial charge in [-0.3, -0.25) is 4.79 Å². The normalized spacial score (nSPS) is 18.4. The number of hydrogen-bond donors (Lipinski definition) is 0. The summed E-state index contributed by atoms with van der Waals surface area (Å²) in [4.78, 5) is 17.4. The van der Waals surface area contributed by atoms with Gasteiger partial charge < -0.3 is 14.2 Å². The van der Waals surface area contributed by atoms with Gasteiger partial charge in [0.25, 0.3) is 0 Å². The molecule has 0 saturated heterocycles. The summed E-state index contributed by atoms with van der Waals surface area (Å²) in [5.74, 6) is 0.824. The molecule has 1 aliphatic rings. The van der Waals surface area contributed by atoms with Crippen LogP contribution in [-0.2, 0) is 22.5 Å². The summed E-state index contributed by atoms with van der Waals surface area (Å²) in [5.41, 5.74) is 0. The van der Waals surface area contributed by atoms with Crippen LogP contribution in [0.25, 0.3) is 0 Å². The van der Waals surface area contributed by atoms with Crippen molar-refractivity contribution in [3.05, 3.63) is 18.2 Å². The highest BCUT2D eigenvalue weighted by Crippen LogP contribution is 2.20. The van der Waals surface area contributed by atoms with Crippen molar-refractivity contribution < 1.29 is 22.7 Å². The van der Waals surface area contributed by atoms with E-state index >= 15 is 0 Å². The van der Waals surface area contributed by atoms with Crippen molar-refractivity contribution in [3.63, 3.8) is 0 Å². The molecule has 8 heteroatoms. The van der Waals surface area contributed by atoms with Gasteiger partial charge in [0.2, 0.25) is 5.91 Å². The molecule has 0 N–H and O–H groups in total. The van der Waals surface area contributed by atoms with Crippen LogP contribution in [0.15, 0.2) is 12.4 Å². The number of aryl methyl sites for hydroxylation is 1. The Kier molecular flexibility index (Phi) is 4.87. The van der Waals surface area contributed by atoms with E-state index in [0.717, 1.165) is 25.2 Å². The number of fused-ring (bicyclic) bond motifs is 1. The van der Waals surface area contributed by atoms with Gasteiger partial charge in [-0.1, -0.05) is 0 Å². The van der Waals surface area contributed by atoms with Crippen molar-refractivity contribution in [2.24, 2.45) is 5.92 Å². The third-order valence-corrected chi connectivity index (χ3v) is 3.50. The maximum atomic E-state index is 11.9. The van der Waals surface area contributed by atoms with Gasteiger partial charge >= 0.3 is 6.18 Å². The first-order valence-corrected chi connectivity index (χ1v) is 6.73. The number of rotatable bonds is 5. The molecular formula is C13H18F3N3O2. The lowest BCUT2D eigenvalue weighted by atomic mass is 9.97. The summed E-state index contributed by atoms with van der Waals surface area (Å²) in [7, 11) is 1.58. The minimum Gasteiger partial charge on any atom is -0.362 e. The third kappa shape index (κ3) is 4.73. The monoisotopic (exact) mass is 305 g/mol. The van der Waals surface area contributed by atoms with Crippen LogP contribution in [-0.4, -0.2) is 53.3 Å². The number of imidazole rings is 1. The molecule has 0 fully saturated rings. The highest BCUT2D eigenvalue weighted by molar-refractivity contribution is 5.77. The number of carbonyl (C=O) groups excluding carboxylic acids is 1. The van der Waals surface area contributed by atoms with Gasteiger partial charge in [-0.25, -0.2) is 4.98 Å². The maximum absolute atomic E-state index is 11.9. The summed E-state index contributed by atoms with van der Waals surface area (Å²) in [6, 6.07) is 0. The highest BCUT2D eigenvalue weighted by atomic mass is 19.4. The van der Waals surface area contributed by atoms with Crippen LogP contribution in [0.3, 0.4) is 0 Å². The molecular weight excluding hydrogens is 287 g/mol. The first-order chi connectivity index (χ1) is 9.85. The third-order valence-electron chi connectivity index (χ3n) is 3.50. The Morgan fingerprint density at radius 1 is 1.57 bits per heavy atom. The summed E-state index contributed by atoms with van der Waals surface area (Å²) < 4.78 is 42.2. The Balaban J connectivity index is 1.74. The number of hydrogen-bond acceptors (Lipinski definition) is 3. The van der Waals surface area contributed by atoms with Crippen molar-refractivity contribution in [1.82, 2.24) is 14.5 Å². The molecule has 2 rings (SSSR count). The van der Waals surface area contributed by atoms with Crippen LogP contribution in [0.2, 0.25) is 0 Å². The molecule has 0 bridgehead atoms. The fourth-order valence-corrected chi connectivity index (χ4v) is 2.42. The first-order valence-electron chi connectivity index (χ1n) is 6.73. The Bertz CT molecular complexity index is 487. The quantitative estimate of drug-likeness (QED) is 0.828. The number of nitrogens with zero attached hydrogens (tertiary/aromatic N) is 3. The smallest absolute Gasteiger partial charge is 0.362 e. The standard InChI is InChI=1S/C13H18F3N3O2/c1-18(12(20)8-21-9-13(14,15)16)7-10-2-4-19-5-3-17-11(19)6-10/h3,5,10H,2,4,6-9H2,1H3/t10-/m0/s1. The number of alkyl halides is 3. The molecule has 0 aliphatic carbocycles. The van der Waals surface area contributed by atoms with E-state index in [2.05, 4.69) is 14.3 Å². The number of halogens is 3. The predicted octanol–water partition coefficient (Wildman–Crippen LogP) is 1.48. The Morgan fingerprint density at radius 2 is 2.33 bits per heavy atom. The summed E-state index contributed by atoms with van der Waals surface area (Å²) in [5, 5.41) is 0. The minimum absolute atomic E-state index is 0.275. The fraction of sp³-hybridized carbons (Fsp3) is 0.692. The number of ether oxygens (including phenoxy) is 1. The molecule has 1 aliphatic heterocycles. The second-order valence-electron chi connectivity index (χ2n) is 5.28. The van der Waals surface area contributed by atoms with Gasteiger partial charge in [-0.15, -0.1) is 0 Å². The van der Waals surface area contributed by atoms with Gasteiger partial charge in [0.15, 0.2) is 0 Å². The van der Waals surface area contributed by atoms with Crippen molar-refractivity contribution in [2.75, 3.05) is 26.8 Å². The van der Waals surface area contributed by atoms with Crippen molar-refractivity contribution in [2.45, 2.75) is 25.6 Å². The SMILES string of the molecule is CN(C[C@H]1CCn2ccnc2C1)C(=O)COCC(F)(F)F. The molecule has 0 spiro atoms. The Labute approximate surface area is 120 Å². The van der Waals surface area contributed by atoms with E-state index in [1.165, 1.54) is 4.90 Å². The Morgan fingerprint density at radius 3 is 3.05 bits per heavy atom. The molecule has 0 saturated carbocycles. The number of likely N-dealkylation sites (N-methyl/N-ethyl adjacent to an activating group) is 1. The van der Waals surface area contributed by atoms with E-state index in [9.17, 15) is 18.0 Å². The second kappa shape index (κ2) is 6.46. The van der Waals surface area contributed by atoms with Crippen molar-refractivity contribution in [1.29, 1.82) is 0 Å². The van der Waals surface area contributed by atoms with Crippen LogP contribution in [0.4, 0.5) is 13.2 Å².